The van der Waals surface area contributed by atoms with Crippen LogP contribution in [-0.4, -0.2) is 54.0 Å². The molecule has 0 saturated carbocycles. The van der Waals surface area contributed by atoms with Crippen molar-refractivity contribution in [1.29, 1.82) is 0 Å². The Labute approximate surface area is 119 Å². The molecule has 1 aromatic rings. The van der Waals surface area contributed by atoms with Crippen LogP contribution in [0.25, 0.3) is 0 Å². The molecule has 0 aliphatic carbocycles. The summed E-state index contributed by atoms with van der Waals surface area (Å²) in [4.78, 5) is 13.8. The zero-order chi connectivity index (χ0) is 14.6. The smallest absolute Gasteiger partial charge is 0.237 e. The Bertz CT molecular complexity index is 539. The Balaban J connectivity index is 1.97. The molecular formula is C13H21N3O3S. The van der Waals surface area contributed by atoms with Crippen molar-refractivity contribution in [1.82, 2.24) is 15.1 Å². The molecule has 1 amide bonds. The van der Waals surface area contributed by atoms with Crippen LogP contribution in [0.2, 0.25) is 0 Å². The van der Waals surface area contributed by atoms with Gasteiger partial charge in [-0.1, -0.05) is 6.92 Å². The first-order valence-electron chi connectivity index (χ1n) is 6.99. The lowest BCUT2D eigenvalue weighted by molar-refractivity contribution is -0.129. The number of aromatic amines is 1. The molecule has 1 aliphatic heterocycles. The van der Waals surface area contributed by atoms with E-state index < -0.39 is 9.84 Å². The number of amides is 1. The van der Waals surface area contributed by atoms with Gasteiger partial charge in [-0.15, -0.1) is 0 Å². The summed E-state index contributed by atoms with van der Waals surface area (Å²) >= 11 is 0. The van der Waals surface area contributed by atoms with E-state index in [1.54, 1.807) is 18.0 Å². The second-order valence-corrected chi connectivity index (χ2v) is 7.47. The third-order valence-electron chi connectivity index (χ3n) is 3.59. The average Bonchev–Trinajstić information content (AvgIpc) is 2.92. The van der Waals surface area contributed by atoms with Crippen molar-refractivity contribution in [2.45, 2.75) is 32.1 Å². The van der Waals surface area contributed by atoms with Crippen LogP contribution in [0, 0.1) is 0 Å². The first-order valence-corrected chi connectivity index (χ1v) is 8.81. The van der Waals surface area contributed by atoms with Gasteiger partial charge >= 0.3 is 0 Å². The van der Waals surface area contributed by atoms with Crippen LogP contribution >= 0.6 is 0 Å². The van der Waals surface area contributed by atoms with E-state index in [9.17, 15) is 13.2 Å². The molecule has 7 heteroatoms. The van der Waals surface area contributed by atoms with Crippen LogP contribution in [0.15, 0.2) is 12.3 Å². The van der Waals surface area contributed by atoms with Gasteiger partial charge in [-0.25, -0.2) is 8.42 Å². The number of aromatic nitrogens is 2. The molecule has 1 aliphatic rings. The van der Waals surface area contributed by atoms with E-state index >= 15 is 0 Å². The fraction of sp³-hybridized carbons (Fsp3) is 0.692. The minimum atomic E-state index is -3.26. The molecule has 1 atom stereocenters. The SMILES string of the molecule is CCCS(=O)(=O)CC(=O)N1CCC[C@@H](c2ccn[nH]2)C1. The van der Waals surface area contributed by atoms with Gasteiger partial charge in [0.05, 0.1) is 5.75 Å². The Hall–Kier alpha value is -1.37. The molecule has 2 rings (SSSR count). The van der Waals surface area contributed by atoms with Gasteiger partial charge in [-0.05, 0) is 25.3 Å². The lowest BCUT2D eigenvalue weighted by Crippen LogP contribution is -2.42. The van der Waals surface area contributed by atoms with E-state index in [0.29, 0.717) is 19.5 Å². The van der Waals surface area contributed by atoms with Gasteiger partial charge in [0.2, 0.25) is 5.91 Å². The molecule has 1 fully saturated rings. The Morgan fingerprint density at radius 1 is 1.55 bits per heavy atom. The van der Waals surface area contributed by atoms with Crippen molar-refractivity contribution in [3.05, 3.63) is 18.0 Å². The minimum absolute atomic E-state index is 0.0799. The zero-order valence-electron chi connectivity index (χ0n) is 11.7. The summed E-state index contributed by atoms with van der Waals surface area (Å²) in [5.41, 5.74) is 1.01. The standard InChI is InChI=1S/C13H21N3O3S/c1-2-8-20(18,19)10-13(17)16-7-3-4-11(9-16)12-5-6-14-15-12/h5-6,11H,2-4,7-10H2,1H3,(H,14,15)/t11-/m1/s1. The fourth-order valence-corrected chi connectivity index (χ4v) is 3.94. The molecule has 0 bridgehead atoms. The van der Waals surface area contributed by atoms with Crippen molar-refractivity contribution in [3.8, 4) is 0 Å². The average molecular weight is 299 g/mol. The highest BCUT2D eigenvalue weighted by molar-refractivity contribution is 7.92. The molecule has 112 valence electrons. The number of H-pyrrole nitrogens is 1. The molecule has 0 spiro atoms. The van der Waals surface area contributed by atoms with E-state index in [4.69, 9.17) is 0 Å². The largest absolute Gasteiger partial charge is 0.341 e. The summed E-state index contributed by atoms with van der Waals surface area (Å²) in [6.45, 7) is 3.02. The molecule has 2 heterocycles. The van der Waals surface area contributed by atoms with Crippen molar-refractivity contribution in [2.75, 3.05) is 24.6 Å². The number of piperidine rings is 1. The highest BCUT2D eigenvalue weighted by Gasteiger charge is 2.27. The minimum Gasteiger partial charge on any atom is -0.341 e. The van der Waals surface area contributed by atoms with Crippen molar-refractivity contribution in [3.63, 3.8) is 0 Å². The molecule has 0 radical (unpaired) electrons. The zero-order valence-corrected chi connectivity index (χ0v) is 12.5. The quantitative estimate of drug-likeness (QED) is 0.877. The van der Waals surface area contributed by atoms with Gasteiger partial charge in [0, 0.05) is 30.9 Å². The van der Waals surface area contributed by atoms with Gasteiger partial charge in [0.15, 0.2) is 9.84 Å². The number of rotatable bonds is 5. The van der Waals surface area contributed by atoms with Gasteiger partial charge in [-0.3, -0.25) is 9.89 Å². The topological polar surface area (TPSA) is 83.1 Å². The summed E-state index contributed by atoms with van der Waals surface area (Å²) in [6.07, 6.45) is 4.13. The number of hydrogen-bond donors (Lipinski definition) is 1. The number of sulfone groups is 1. The van der Waals surface area contributed by atoms with Gasteiger partial charge in [0.1, 0.15) is 5.75 Å². The summed E-state index contributed by atoms with van der Waals surface area (Å²) in [7, 11) is -3.26. The highest BCUT2D eigenvalue weighted by atomic mass is 32.2. The van der Waals surface area contributed by atoms with Crippen LogP contribution < -0.4 is 0 Å². The molecule has 0 unspecified atom stereocenters. The highest BCUT2D eigenvalue weighted by Crippen LogP contribution is 2.25. The van der Waals surface area contributed by atoms with E-state index in [1.807, 2.05) is 6.07 Å². The molecule has 20 heavy (non-hydrogen) atoms. The normalized spacial score (nSPS) is 20.1. The van der Waals surface area contributed by atoms with E-state index in [0.717, 1.165) is 18.5 Å². The van der Waals surface area contributed by atoms with E-state index in [1.165, 1.54) is 0 Å². The van der Waals surface area contributed by atoms with Crippen molar-refractivity contribution < 1.29 is 13.2 Å². The first kappa shape index (κ1) is 15.0. The molecule has 1 N–H and O–H groups in total. The van der Waals surface area contributed by atoms with Crippen molar-refractivity contribution >= 4 is 15.7 Å². The maximum absolute atomic E-state index is 12.1. The second kappa shape index (κ2) is 6.39. The second-order valence-electron chi connectivity index (χ2n) is 5.28. The van der Waals surface area contributed by atoms with Crippen LogP contribution in [-0.2, 0) is 14.6 Å². The lowest BCUT2D eigenvalue weighted by atomic mass is 9.95. The molecule has 6 nitrogen and oxygen atoms in total. The van der Waals surface area contributed by atoms with Crippen LogP contribution in [0.1, 0.15) is 37.8 Å². The number of nitrogens with one attached hydrogen (secondary N) is 1. The predicted molar refractivity (Wildman–Crippen MR) is 76.1 cm³/mol. The van der Waals surface area contributed by atoms with Gasteiger partial charge in [-0.2, -0.15) is 5.10 Å². The summed E-state index contributed by atoms with van der Waals surface area (Å²) in [5.74, 6) is -0.334. The van der Waals surface area contributed by atoms with E-state index in [-0.39, 0.29) is 23.3 Å². The Kier molecular flexibility index (Phi) is 4.80. The maximum Gasteiger partial charge on any atom is 0.237 e. The molecule has 1 aromatic heterocycles. The van der Waals surface area contributed by atoms with Crippen LogP contribution in [0.3, 0.4) is 0 Å². The van der Waals surface area contributed by atoms with Crippen molar-refractivity contribution in [2.24, 2.45) is 0 Å². The number of carbonyl (C=O) groups excluding carboxylic acids is 1. The summed E-state index contributed by atoms with van der Waals surface area (Å²) in [5, 5.41) is 6.86. The number of carbonyl (C=O) groups is 1. The first-order chi connectivity index (χ1) is 9.52. The summed E-state index contributed by atoms with van der Waals surface area (Å²) < 4.78 is 23.5. The van der Waals surface area contributed by atoms with Gasteiger partial charge in [0.25, 0.3) is 0 Å². The Morgan fingerprint density at radius 3 is 3.00 bits per heavy atom. The number of nitrogens with zero attached hydrogens (tertiary/aromatic N) is 2. The number of likely N-dealkylation sites (tertiary alicyclic amines) is 1. The van der Waals surface area contributed by atoms with Crippen LogP contribution in [0.4, 0.5) is 0 Å². The lowest BCUT2D eigenvalue weighted by Gasteiger charge is -2.32. The Morgan fingerprint density at radius 2 is 2.35 bits per heavy atom. The third-order valence-corrected chi connectivity index (χ3v) is 5.31. The third kappa shape index (κ3) is 3.82. The van der Waals surface area contributed by atoms with Crippen LogP contribution in [0.5, 0.6) is 0 Å². The monoisotopic (exact) mass is 299 g/mol. The maximum atomic E-state index is 12.1. The van der Waals surface area contributed by atoms with E-state index in [2.05, 4.69) is 10.2 Å². The number of hydrogen-bond acceptors (Lipinski definition) is 4. The predicted octanol–water partition coefficient (Wildman–Crippen LogP) is 0.940. The summed E-state index contributed by atoms with van der Waals surface area (Å²) in [6, 6.07) is 1.91. The van der Waals surface area contributed by atoms with Gasteiger partial charge < -0.3 is 4.90 Å². The molecule has 0 aromatic carbocycles. The molecule has 1 saturated heterocycles. The fourth-order valence-electron chi connectivity index (χ4n) is 2.61. The molecular weight excluding hydrogens is 278 g/mol.